The number of thiazole rings is 1. The highest BCUT2D eigenvalue weighted by Gasteiger charge is 2.18. The first kappa shape index (κ1) is 20.9. The molecule has 31 heavy (non-hydrogen) atoms. The minimum Gasteiger partial charge on any atom is -0.384 e. The first-order chi connectivity index (χ1) is 14.8. The average molecular weight is 434 g/mol. The Morgan fingerprint density at radius 1 is 1.13 bits per heavy atom. The van der Waals surface area contributed by atoms with Crippen LogP contribution in [-0.4, -0.2) is 32.6 Å². The van der Waals surface area contributed by atoms with Crippen LogP contribution in [0.25, 0.3) is 32.6 Å². The number of pyridine rings is 2. The van der Waals surface area contributed by atoms with Gasteiger partial charge >= 0.3 is 6.03 Å². The highest BCUT2D eigenvalue weighted by atomic mass is 32.1. The molecule has 0 saturated heterocycles. The first-order valence-corrected chi connectivity index (χ1v) is 10.8. The van der Waals surface area contributed by atoms with Gasteiger partial charge in [-0.2, -0.15) is 0 Å². The number of nitrogens with one attached hydrogen (secondary N) is 2. The molecular weight excluding hydrogens is 410 g/mol. The van der Waals surface area contributed by atoms with Gasteiger partial charge in [0.1, 0.15) is 5.60 Å². The molecule has 0 aliphatic heterocycles. The average Bonchev–Trinajstić information content (AvgIpc) is 3.15. The number of rotatable bonds is 5. The number of carbonyl (C=O) groups is 1. The molecule has 3 N–H and O–H groups in total. The number of nitrogens with zero attached hydrogens (tertiary/aromatic N) is 3. The van der Waals surface area contributed by atoms with Gasteiger partial charge in [0.05, 0.1) is 21.6 Å². The van der Waals surface area contributed by atoms with Crippen molar-refractivity contribution in [3.05, 3.63) is 60.6 Å². The molecule has 7 nitrogen and oxygen atoms in total. The third-order valence-electron chi connectivity index (χ3n) is 4.71. The molecule has 0 bridgehead atoms. The number of hydrogen-bond acceptors (Lipinski definition) is 6. The Bertz CT molecular complexity index is 1210. The number of benzene rings is 1. The second-order valence-corrected chi connectivity index (χ2v) is 8.58. The number of urea groups is 1. The van der Waals surface area contributed by atoms with Crippen molar-refractivity contribution in [3.63, 3.8) is 0 Å². The van der Waals surface area contributed by atoms with Crippen LogP contribution in [0.5, 0.6) is 0 Å². The minimum absolute atomic E-state index is 0.285. The zero-order valence-corrected chi connectivity index (χ0v) is 18.3. The molecule has 4 aromatic rings. The summed E-state index contributed by atoms with van der Waals surface area (Å²) in [6, 6.07) is 13.3. The lowest BCUT2D eigenvalue weighted by molar-refractivity contribution is 0.0739. The highest BCUT2D eigenvalue weighted by molar-refractivity contribution is 7.22. The molecule has 0 spiro atoms. The highest BCUT2D eigenvalue weighted by Crippen LogP contribution is 2.38. The smallest absolute Gasteiger partial charge is 0.321 e. The predicted molar refractivity (Wildman–Crippen MR) is 124 cm³/mol. The molecule has 3 heterocycles. The molecule has 0 atom stereocenters. The second kappa shape index (κ2) is 8.41. The lowest BCUT2D eigenvalue weighted by Crippen LogP contribution is -2.28. The van der Waals surface area contributed by atoms with Gasteiger partial charge < -0.3 is 10.4 Å². The number of aromatic nitrogens is 3. The van der Waals surface area contributed by atoms with Crippen LogP contribution in [0.1, 0.15) is 26.5 Å². The monoisotopic (exact) mass is 433 g/mol. The van der Waals surface area contributed by atoms with E-state index < -0.39 is 5.60 Å². The van der Waals surface area contributed by atoms with Gasteiger partial charge in [-0.15, -0.1) is 0 Å². The lowest BCUT2D eigenvalue weighted by Gasteiger charge is -2.16. The summed E-state index contributed by atoms with van der Waals surface area (Å²) < 4.78 is 0.940. The molecule has 3 aromatic heterocycles. The molecule has 2 amide bonds. The van der Waals surface area contributed by atoms with E-state index in [0.29, 0.717) is 17.4 Å². The normalized spacial score (nSPS) is 11.5. The van der Waals surface area contributed by atoms with E-state index in [4.69, 9.17) is 0 Å². The van der Waals surface area contributed by atoms with Crippen LogP contribution in [0.15, 0.2) is 54.9 Å². The van der Waals surface area contributed by atoms with E-state index in [2.05, 4.69) is 31.7 Å². The van der Waals surface area contributed by atoms with Crippen molar-refractivity contribution in [1.29, 1.82) is 0 Å². The van der Waals surface area contributed by atoms with E-state index >= 15 is 0 Å². The van der Waals surface area contributed by atoms with Gasteiger partial charge in [0.2, 0.25) is 0 Å². The van der Waals surface area contributed by atoms with Gasteiger partial charge in [-0.25, -0.2) is 9.78 Å². The summed E-state index contributed by atoms with van der Waals surface area (Å²) in [6.45, 7) is 5.81. The van der Waals surface area contributed by atoms with E-state index in [0.717, 1.165) is 32.6 Å². The third-order valence-corrected chi connectivity index (χ3v) is 5.73. The Morgan fingerprint density at radius 3 is 2.61 bits per heavy atom. The Kier molecular flexibility index (Phi) is 5.67. The van der Waals surface area contributed by atoms with Crippen LogP contribution < -0.4 is 10.6 Å². The minimum atomic E-state index is -1.00. The number of fused-ring (bicyclic) bond motifs is 1. The summed E-state index contributed by atoms with van der Waals surface area (Å²) in [5, 5.41) is 16.2. The van der Waals surface area contributed by atoms with Crippen molar-refractivity contribution in [2.45, 2.75) is 26.4 Å². The number of hydrogen-bond donors (Lipinski definition) is 3. The number of anilines is 1. The summed E-state index contributed by atoms with van der Waals surface area (Å²) in [4.78, 5) is 25.5. The lowest BCUT2D eigenvalue weighted by atomic mass is 9.99. The van der Waals surface area contributed by atoms with E-state index in [9.17, 15) is 9.90 Å². The molecule has 8 heteroatoms. The van der Waals surface area contributed by atoms with E-state index in [1.165, 1.54) is 11.3 Å². The van der Waals surface area contributed by atoms with Crippen molar-refractivity contribution in [2.24, 2.45) is 0 Å². The van der Waals surface area contributed by atoms with E-state index in [1.807, 2.05) is 43.3 Å². The Labute approximate surface area is 184 Å². The van der Waals surface area contributed by atoms with E-state index in [-0.39, 0.29) is 6.03 Å². The molecule has 0 aliphatic carbocycles. The quantitative estimate of drug-likeness (QED) is 0.420. The first-order valence-electron chi connectivity index (χ1n) is 9.95. The van der Waals surface area contributed by atoms with E-state index in [1.54, 1.807) is 26.2 Å². The van der Waals surface area contributed by atoms with Crippen LogP contribution in [0, 0.1) is 0 Å². The van der Waals surface area contributed by atoms with Crippen molar-refractivity contribution in [2.75, 3.05) is 11.9 Å². The van der Waals surface area contributed by atoms with Crippen molar-refractivity contribution in [1.82, 2.24) is 20.3 Å². The fraction of sp³-hybridized carbons (Fsp3) is 0.217. The van der Waals surface area contributed by atoms with Crippen LogP contribution >= 0.6 is 11.3 Å². The van der Waals surface area contributed by atoms with Gasteiger partial charge in [0, 0.05) is 30.1 Å². The van der Waals surface area contributed by atoms with Crippen molar-refractivity contribution in [3.8, 4) is 22.4 Å². The number of carbonyl (C=O) groups excluding carboxylic acids is 1. The molecule has 1 aromatic carbocycles. The maximum Gasteiger partial charge on any atom is 0.321 e. The summed E-state index contributed by atoms with van der Waals surface area (Å²) in [5.41, 5.74) is 3.95. The summed E-state index contributed by atoms with van der Waals surface area (Å²) >= 11 is 1.41. The molecule has 0 radical (unpaired) electrons. The van der Waals surface area contributed by atoms with Crippen molar-refractivity contribution >= 4 is 32.7 Å². The summed E-state index contributed by atoms with van der Waals surface area (Å²) in [6.07, 6.45) is 3.50. The third kappa shape index (κ3) is 4.55. The zero-order valence-electron chi connectivity index (χ0n) is 17.5. The Balaban J connectivity index is 1.82. The maximum atomic E-state index is 11.9. The van der Waals surface area contributed by atoms with Gasteiger partial charge in [-0.05, 0) is 56.7 Å². The molecule has 0 aliphatic rings. The van der Waals surface area contributed by atoms with Crippen LogP contribution in [-0.2, 0) is 5.60 Å². The number of amides is 2. The summed E-state index contributed by atoms with van der Waals surface area (Å²) in [5.74, 6) is 0. The van der Waals surface area contributed by atoms with Gasteiger partial charge in [0.15, 0.2) is 5.13 Å². The molecule has 0 fully saturated rings. The molecular formula is C23H23N5O2S. The standard InChI is InChI=1S/C23H23N5O2S/c1-4-24-21(29)28-22-27-18-12-15(14-8-9-19(26-13-14)23(2,3)30)11-16(20(18)31-22)17-7-5-6-10-25-17/h5-13,30H,4H2,1-3H3,(H2,24,27,28,29). The van der Waals surface area contributed by atoms with Gasteiger partial charge in [-0.3, -0.25) is 15.3 Å². The molecule has 158 valence electrons. The molecule has 0 saturated carbocycles. The van der Waals surface area contributed by atoms with Gasteiger partial charge in [0.25, 0.3) is 0 Å². The topological polar surface area (TPSA) is 100 Å². The second-order valence-electron chi connectivity index (χ2n) is 7.58. The number of aliphatic hydroxyl groups is 1. The van der Waals surface area contributed by atoms with Crippen LogP contribution in [0.2, 0.25) is 0 Å². The summed E-state index contributed by atoms with van der Waals surface area (Å²) in [7, 11) is 0. The molecule has 0 unspecified atom stereocenters. The predicted octanol–water partition coefficient (Wildman–Crippen LogP) is 4.79. The zero-order chi connectivity index (χ0) is 22.0. The van der Waals surface area contributed by atoms with Gasteiger partial charge in [-0.1, -0.05) is 23.5 Å². The Morgan fingerprint density at radius 2 is 1.97 bits per heavy atom. The van der Waals surface area contributed by atoms with Crippen LogP contribution in [0.4, 0.5) is 9.93 Å². The fourth-order valence-electron chi connectivity index (χ4n) is 3.19. The Hall–Kier alpha value is -3.36. The molecule has 4 rings (SSSR count). The fourth-order valence-corrected chi connectivity index (χ4v) is 4.16. The van der Waals surface area contributed by atoms with Crippen molar-refractivity contribution < 1.29 is 9.90 Å². The largest absolute Gasteiger partial charge is 0.384 e. The maximum absolute atomic E-state index is 11.9. The van der Waals surface area contributed by atoms with Crippen LogP contribution in [0.3, 0.4) is 0 Å². The SMILES string of the molecule is CCNC(=O)Nc1nc2cc(-c3ccc(C(C)(C)O)nc3)cc(-c3ccccn3)c2s1.